The first-order chi connectivity index (χ1) is 12.6. The summed E-state index contributed by atoms with van der Waals surface area (Å²) in [5, 5.41) is 14.1. The van der Waals surface area contributed by atoms with Crippen LogP contribution in [0.3, 0.4) is 0 Å². The summed E-state index contributed by atoms with van der Waals surface area (Å²) in [4.78, 5) is 8.72. The number of rotatable bonds is 3. The molecule has 4 rings (SSSR count). The van der Waals surface area contributed by atoms with Gasteiger partial charge >= 0.3 is 0 Å². The lowest BCUT2D eigenvalue weighted by molar-refractivity contribution is 0.477. The number of benzene rings is 1. The van der Waals surface area contributed by atoms with Gasteiger partial charge in [0.25, 0.3) is 0 Å². The predicted octanol–water partition coefficient (Wildman–Crippen LogP) is 4.39. The molecule has 0 aliphatic rings. The van der Waals surface area contributed by atoms with Crippen molar-refractivity contribution >= 4 is 34.6 Å². The van der Waals surface area contributed by atoms with Gasteiger partial charge in [-0.1, -0.05) is 29.8 Å². The number of nitrogens with zero attached hydrogens (tertiary/aromatic N) is 3. The SMILES string of the molecule is Cc1cccc(O)c1Nc1c(-c2ccncc2Cl)nc2cccc(N)n12. The zero-order valence-corrected chi connectivity index (χ0v) is 14.7. The minimum absolute atomic E-state index is 0.140. The lowest BCUT2D eigenvalue weighted by Crippen LogP contribution is -2.03. The number of halogens is 1. The molecule has 3 heterocycles. The van der Waals surface area contributed by atoms with Gasteiger partial charge in [-0.15, -0.1) is 0 Å². The van der Waals surface area contributed by atoms with Crippen LogP contribution in [0, 0.1) is 6.92 Å². The molecule has 130 valence electrons. The lowest BCUT2D eigenvalue weighted by atomic mass is 10.1. The van der Waals surface area contributed by atoms with Crippen molar-refractivity contribution in [3.05, 3.63) is 65.4 Å². The smallest absolute Gasteiger partial charge is 0.145 e. The number of aromatic hydroxyl groups is 1. The molecule has 7 heteroatoms. The summed E-state index contributed by atoms with van der Waals surface area (Å²) in [5.41, 5.74) is 9.68. The molecule has 0 saturated carbocycles. The first kappa shape index (κ1) is 16.2. The van der Waals surface area contributed by atoms with Crippen molar-refractivity contribution in [3.8, 4) is 17.0 Å². The minimum atomic E-state index is 0.140. The molecule has 6 nitrogen and oxygen atoms in total. The van der Waals surface area contributed by atoms with Gasteiger partial charge in [0, 0.05) is 18.0 Å². The molecular formula is C19H16ClN5O. The number of fused-ring (bicyclic) bond motifs is 1. The van der Waals surface area contributed by atoms with Gasteiger partial charge in [0.1, 0.15) is 28.7 Å². The number of para-hydroxylation sites is 1. The number of nitrogen functional groups attached to an aromatic ring is 1. The number of hydrogen-bond donors (Lipinski definition) is 3. The van der Waals surface area contributed by atoms with Crippen LogP contribution >= 0.6 is 11.6 Å². The van der Waals surface area contributed by atoms with Crippen LogP contribution in [-0.2, 0) is 0 Å². The van der Waals surface area contributed by atoms with Gasteiger partial charge in [0.05, 0.1) is 10.7 Å². The Morgan fingerprint density at radius 2 is 1.96 bits per heavy atom. The van der Waals surface area contributed by atoms with E-state index >= 15 is 0 Å². The summed E-state index contributed by atoms with van der Waals surface area (Å²) in [6.45, 7) is 1.91. The number of imidazole rings is 1. The zero-order valence-electron chi connectivity index (χ0n) is 13.9. The number of anilines is 3. The number of hydrogen-bond acceptors (Lipinski definition) is 5. The molecule has 26 heavy (non-hydrogen) atoms. The van der Waals surface area contributed by atoms with Crippen LogP contribution in [0.25, 0.3) is 16.9 Å². The second-order valence-electron chi connectivity index (χ2n) is 5.90. The Morgan fingerprint density at radius 1 is 1.15 bits per heavy atom. The molecule has 0 fully saturated rings. The van der Waals surface area contributed by atoms with Crippen molar-refractivity contribution in [1.29, 1.82) is 0 Å². The van der Waals surface area contributed by atoms with Crippen molar-refractivity contribution in [2.75, 3.05) is 11.1 Å². The third-order valence-corrected chi connectivity index (χ3v) is 4.50. The van der Waals surface area contributed by atoms with Gasteiger partial charge in [0.2, 0.25) is 0 Å². The quantitative estimate of drug-likeness (QED) is 0.468. The fourth-order valence-electron chi connectivity index (χ4n) is 2.92. The summed E-state index contributed by atoms with van der Waals surface area (Å²) in [5.74, 6) is 1.28. The lowest BCUT2D eigenvalue weighted by Gasteiger charge is -2.14. The predicted molar refractivity (Wildman–Crippen MR) is 104 cm³/mol. The Bertz CT molecular complexity index is 1100. The maximum absolute atomic E-state index is 10.3. The number of phenols is 1. The minimum Gasteiger partial charge on any atom is -0.506 e. The largest absolute Gasteiger partial charge is 0.506 e. The summed E-state index contributed by atoms with van der Waals surface area (Å²) in [7, 11) is 0. The second kappa shape index (κ2) is 6.24. The number of nitrogens with two attached hydrogens (primary N) is 1. The van der Waals surface area contributed by atoms with E-state index < -0.39 is 0 Å². The summed E-state index contributed by atoms with van der Waals surface area (Å²) >= 11 is 6.34. The maximum atomic E-state index is 10.3. The molecule has 0 aliphatic carbocycles. The van der Waals surface area contributed by atoms with E-state index in [1.54, 1.807) is 41.1 Å². The van der Waals surface area contributed by atoms with Crippen LogP contribution in [0.5, 0.6) is 5.75 Å². The molecule has 0 bridgehead atoms. The Balaban J connectivity index is 2.00. The molecule has 1 aromatic carbocycles. The van der Waals surface area contributed by atoms with E-state index in [0.29, 0.717) is 33.7 Å². The molecule has 3 aromatic heterocycles. The fourth-order valence-corrected chi connectivity index (χ4v) is 3.13. The highest BCUT2D eigenvalue weighted by atomic mass is 35.5. The molecule has 0 atom stereocenters. The van der Waals surface area contributed by atoms with Crippen molar-refractivity contribution in [2.45, 2.75) is 6.92 Å². The molecule has 0 spiro atoms. The Labute approximate surface area is 154 Å². The third-order valence-electron chi connectivity index (χ3n) is 4.20. The van der Waals surface area contributed by atoms with E-state index in [2.05, 4.69) is 15.3 Å². The van der Waals surface area contributed by atoms with E-state index in [9.17, 15) is 5.11 Å². The zero-order chi connectivity index (χ0) is 18.3. The van der Waals surface area contributed by atoms with Gasteiger partial charge < -0.3 is 16.2 Å². The topological polar surface area (TPSA) is 88.5 Å². The van der Waals surface area contributed by atoms with E-state index in [4.69, 9.17) is 17.3 Å². The standard InChI is InChI=1S/C19H16ClN5O/c1-11-4-2-5-14(26)17(11)24-19-18(12-8-9-22-10-13(12)20)23-16-7-3-6-15(21)25(16)19/h2-10,24,26H,21H2,1H3. The highest BCUT2D eigenvalue weighted by Crippen LogP contribution is 2.38. The first-order valence-electron chi connectivity index (χ1n) is 7.98. The highest BCUT2D eigenvalue weighted by Gasteiger charge is 2.19. The Kier molecular flexibility index (Phi) is 3.89. The van der Waals surface area contributed by atoms with Crippen LogP contribution in [0.1, 0.15) is 5.56 Å². The van der Waals surface area contributed by atoms with E-state index in [1.165, 1.54) is 0 Å². The van der Waals surface area contributed by atoms with Gasteiger partial charge in [-0.05, 0) is 36.8 Å². The molecule has 4 aromatic rings. The normalized spacial score (nSPS) is 11.0. The number of aromatic nitrogens is 3. The first-order valence-corrected chi connectivity index (χ1v) is 8.36. The summed E-state index contributed by atoms with van der Waals surface area (Å²) in [6.07, 6.45) is 3.23. The second-order valence-corrected chi connectivity index (χ2v) is 6.31. The maximum Gasteiger partial charge on any atom is 0.145 e. The number of nitrogens with one attached hydrogen (secondary N) is 1. The van der Waals surface area contributed by atoms with Gasteiger partial charge in [-0.3, -0.25) is 9.38 Å². The van der Waals surface area contributed by atoms with E-state index in [-0.39, 0.29) is 5.75 Å². The van der Waals surface area contributed by atoms with Crippen LogP contribution in [0.4, 0.5) is 17.3 Å². The molecule has 4 N–H and O–H groups in total. The summed E-state index contributed by atoms with van der Waals surface area (Å²) < 4.78 is 1.79. The average molecular weight is 366 g/mol. The summed E-state index contributed by atoms with van der Waals surface area (Å²) in [6, 6.07) is 12.6. The van der Waals surface area contributed by atoms with Crippen molar-refractivity contribution in [2.24, 2.45) is 0 Å². The molecular weight excluding hydrogens is 350 g/mol. The Hall–Kier alpha value is -3.25. The average Bonchev–Trinajstić information content (AvgIpc) is 2.98. The van der Waals surface area contributed by atoms with E-state index in [1.807, 2.05) is 25.1 Å². The van der Waals surface area contributed by atoms with Gasteiger partial charge in [0.15, 0.2) is 0 Å². The van der Waals surface area contributed by atoms with Crippen LogP contribution in [0.15, 0.2) is 54.9 Å². The van der Waals surface area contributed by atoms with Crippen molar-refractivity contribution in [1.82, 2.24) is 14.4 Å². The molecule has 0 saturated heterocycles. The molecule has 0 radical (unpaired) electrons. The van der Waals surface area contributed by atoms with Crippen LogP contribution in [0.2, 0.25) is 5.02 Å². The Morgan fingerprint density at radius 3 is 2.73 bits per heavy atom. The number of phenolic OH excluding ortho intramolecular Hbond substituents is 1. The van der Waals surface area contributed by atoms with E-state index in [0.717, 1.165) is 11.1 Å². The monoisotopic (exact) mass is 365 g/mol. The molecule has 0 unspecified atom stereocenters. The molecule has 0 amide bonds. The van der Waals surface area contributed by atoms with Gasteiger partial charge in [-0.25, -0.2) is 4.98 Å². The van der Waals surface area contributed by atoms with Gasteiger partial charge in [-0.2, -0.15) is 0 Å². The highest BCUT2D eigenvalue weighted by molar-refractivity contribution is 6.33. The number of aryl methyl sites for hydroxylation is 1. The van der Waals surface area contributed by atoms with Crippen LogP contribution in [-0.4, -0.2) is 19.5 Å². The third kappa shape index (κ3) is 2.60. The number of pyridine rings is 2. The van der Waals surface area contributed by atoms with Crippen molar-refractivity contribution < 1.29 is 5.11 Å². The van der Waals surface area contributed by atoms with Crippen molar-refractivity contribution in [3.63, 3.8) is 0 Å². The molecule has 0 aliphatic heterocycles. The van der Waals surface area contributed by atoms with Crippen LogP contribution < -0.4 is 11.1 Å². The fraction of sp³-hybridized carbons (Fsp3) is 0.0526.